The van der Waals surface area contributed by atoms with Gasteiger partial charge >= 0.3 is 0 Å². The van der Waals surface area contributed by atoms with Crippen LogP contribution < -0.4 is 5.32 Å². The van der Waals surface area contributed by atoms with Crippen molar-refractivity contribution in [1.29, 1.82) is 5.26 Å². The number of rotatable bonds is 2. The molecule has 0 fully saturated rings. The van der Waals surface area contributed by atoms with Gasteiger partial charge in [0.2, 0.25) is 0 Å². The second-order valence-electron chi connectivity index (χ2n) is 5.32. The Morgan fingerprint density at radius 3 is 2.26 bits per heavy atom. The van der Waals surface area contributed by atoms with Gasteiger partial charge in [0.05, 0.1) is 0 Å². The van der Waals surface area contributed by atoms with Crippen LogP contribution in [0, 0.1) is 11.3 Å². The minimum absolute atomic E-state index is 0.128. The molecule has 96 valence electrons. The van der Waals surface area contributed by atoms with E-state index in [9.17, 15) is 0 Å². The van der Waals surface area contributed by atoms with Crippen molar-refractivity contribution in [3.63, 3.8) is 0 Å². The van der Waals surface area contributed by atoms with E-state index < -0.39 is 0 Å². The van der Waals surface area contributed by atoms with Gasteiger partial charge in [0, 0.05) is 18.1 Å². The molecule has 2 rings (SSSR count). The van der Waals surface area contributed by atoms with Crippen LogP contribution in [0.15, 0.2) is 36.7 Å². The van der Waals surface area contributed by atoms with E-state index in [-0.39, 0.29) is 5.41 Å². The molecule has 1 aromatic heterocycles. The lowest BCUT2D eigenvalue weighted by atomic mass is 9.87. The van der Waals surface area contributed by atoms with Gasteiger partial charge in [-0.2, -0.15) is 5.26 Å². The zero-order valence-electron chi connectivity index (χ0n) is 11.3. The SMILES string of the molecule is CC(C)(C)c1ccc(Nc2nccnc2C#N)cc1. The fourth-order valence-corrected chi connectivity index (χ4v) is 1.70. The minimum atomic E-state index is 0.128. The Morgan fingerprint density at radius 1 is 1.05 bits per heavy atom. The molecule has 0 radical (unpaired) electrons. The van der Waals surface area contributed by atoms with E-state index in [1.165, 1.54) is 11.8 Å². The topological polar surface area (TPSA) is 61.6 Å². The molecule has 0 spiro atoms. The van der Waals surface area contributed by atoms with Gasteiger partial charge in [-0.3, -0.25) is 0 Å². The molecule has 0 aliphatic heterocycles. The Hall–Kier alpha value is -2.41. The monoisotopic (exact) mass is 252 g/mol. The number of nitrogens with zero attached hydrogens (tertiary/aromatic N) is 3. The Bertz CT molecular complexity index is 603. The molecule has 0 saturated carbocycles. The Labute approximate surface area is 113 Å². The summed E-state index contributed by atoms with van der Waals surface area (Å²) in [4.78, 5) is 8.08. The standard InChI is InChI=1S/C15H16N4/c1-15(2,3)11-4-6-12(7-5-11)19-14-13(10-16)17-8-9-18-14/h4-9H,1-3H3,(H,18,19). The fraction of sp³-hybridized carbons (Fsp3) is 0.267. The van der Waals surface area contributed by atoms with Crippen molar-refractivity contribution in [1.82, 2.24) is 9.97 Å². The predicted octanol–water partition coefficient (Wildman–Crippen LogP) is 3.39. The van der Waals surface area contributed by atoms with Gasteiger partial charge < -0.3 is 5.32 Å². The maximum atomic E-state index is 8.95. The van der Waals surface area contributed by atoms with Gasteiger partial charge in [-0.1, -0.05) is 32.9 Å². The Balaban J connectivity index is 2.23. The Kier molecular flexibility index (Phi) is 3.48. The normalized spacial score (nSPS) is 10.8. The summed E-state index contributed by atoms with van der Waals surface area (Å²) in [5.74, 6) is 0.480. The first-order valence-electron chi connectivity index (χ1n) is 6.09. The van der Waals surface area contributed by atoms with Crippen molar-refractivity contribution in [2.45, 2.75) is 26.2 Å². The summed E-state index contributed by atoms with van der Waals surface area (Å²) in [6.07, 6.45) is 3.07. The predicted molar refractivity (Wildman–Crippen MR) is 75.2 cm³/mol. The second-order valence-corrected chi connectivity index (χ2v) is 5.32. The molecule has 0 amide bonds. The number of hydrogen-bond acceptors (Lipinski definition) is 4. The van der Waals surface area contributed by atoms with E-state index in [0.717, 1.165) is 5.69 Å². The number of benzene rings is 1. The third kappa shape index (κ3) is 3.08. The van der Waals surface area contributed by atoms with Crippen LogP contribution in [0.1, 0.15) is 32.0 Å². The van der Waals surface area contributed by atoms with Crippen LogP contribution in [0.4, 0.5) is 11.5 Å². The molecule has 0 bridgehead atoms. The summed E-state index contributed by atoms with van der Waals surface area (Å²) in [5, 5.41) is 12.1. The smallest absolute Gasteiger partial charge is 0.183 e. The van der Waals surface area contributed by atoms with Crippen molar-refractivity contribution >= 4 is 11.5 Å². The molecule has 4 nitrogen and oxygen atoms in total. The molecule has 1 aromatic carbocycles. The van der Waals surface area contributed by atoms with Gasteiger partial charge in [-0.25, -0.2) is 9.97 Å². The average Bonchev–Trinajstić information content (AvgIpc) is 2.39. The van der Waals surface area contributed by atoms with E-state index >= 15 is 0 Å². The maximum Gasteiger partial charge on any atom is 0.183 e. The van der Waals surface area contributed by atoms with Gasteiger partial charge in [-0.15, -0.1) is 0 Å². The summed E-state index contributed by atoms with van der Waals surface area (Å²) in [5.41, 5.74) is 2.58. The first-order valence-corrected chi connectivity index (χ1v) is 6.09. The van der Waals surface area contributed by atoms with E-state index in [2.05, 4.69) is 48.2 Å². The zero-order valence-corrected chi connectivity index (χ0v) is 11.3. The molecule has 1 N–H and O–H groups in total. The van der Waals surface area contributed by atoms with Crippen molar-refractivity contribution in [2.24, 2.45) is 0 Å². The van der Waals surface area contributed by atoms with Crippen molar-refractivity contribution in [2.75, 3.05) is 5.32 Å². The second kappa shape index (κ2) is 5.07. The summed E-state index contributed by atoms with van der Waals surface area (Å²) >= 11 is 0. The highest BCUT2D eigenvalue weighted by atomic mass is 15.0. The highest BCUT2D eigenvalue weighted by Gasteiger charge is 2.13. The van der Waals surface area contributed by atoms with Crippen molar-refractivity contribution in [3.05, 3.63) is 47.9 Å². The molecule has 4 heteroatoms. The highest BCUT2D eigenvalue weighted by molar-refractivity contribution is 5.60. The van der Waals surface area contributed by atoms with E-state index in [0.29, 0.717) is 11.5 Å². The minimum Gasteiger partial charge on any atom is -0.338 e. The summed E-state index contributed by atoms with van der Waals surface area (Å²) in [7, 11) is 0. The number of aromatic nitrogens is 2. The molecule has 0 saturated heterocycles. The molecule has 0 aliphatic rings. The molecule has 0 atom stereocenters. The molecule has 19 heavy (non-hydrogen) atoms. The molecule has 1 heterocycles. The zero-order chi connectivity index (χ0) is 13.9. The van der Waals surface area contributed by atoms with Crippen LogP contribution in [-0.4, -0.2) is 9.97 Å². The van der Waals surface area contributed by atoms with Crippen LogP contribution >= 0.6 is 0 Å². The molecular weight excluding hydrogens is 236 g/mol. The number of anilines is 2. The van der Waals surface area contributed by atoms with Crippen molar-refractivity contribution < 1.29 is 0 Å². The van der Waals surface area contributed by atoms with Gasteiger partial charge in [-0.05, 0) is 23.1 Å². The van der Waals surface area contributed by atoms with Crippen molar-refractivity contribution in [3.8, 4) is 6.07 Å². The first kappa shape index (κ1) is 13.0. The Morgan fingerprint density at radius 2 is 1.68 bits per heavy atom. The van der Waals surface area contributed by atoms with Crippen LogP contribution in [0.3, 0.4) is 0 Å². The summed E-state index contributed by atoms with van der Waals surface area (Å²) in [6, 6.07) is 10.1. The molecular formula is C15H16N4. The van der Waals surface area contributed by atoms with Crippen LogP contribution in [0.2, 0.25) is 0 Å². The van der Waals surface area contributed by atoms with E-state index in [1.54, 1.807) is 6.20 Å². The fourth-order valence-electron chi connectivity index (χ4n) is 1.70. The highest BCUT2D eigenvalue weighted by Crippen LogP contribution is 2.24. The largest absolute Gasteiger partial charge is 0.338 e. The van der Waals surface area contributed by atoms with Gasteiger partial charge in [0.15, 0.2) is 11.5 Å². The molecule has 0 unspecified atom stereocenters. The lowest BCUT2D eigenvalue weighted by Gasteiger charge is -2.19. The first-order chi connectivity index (χ1) is 9.00. The third-order valence-corrected chi connectivity index (χ3v) is 2.82. The number of nitrogens with one attached hydrogen (secondary N) is 1. The van der Waals surface area contributed by atoms with Gasteiger partial charge in [0.1, 0.15) is 6.07 Å². The average molecular weight is 252 g/mol. The quantitative estimate of drug-likeness (QED) is 0.889. The number of nitriles is 1. The van der Waals surface area contributed by atoms with Gasteiger partial charge in [0.25, 0.3) is 0 Å². The number of hydrogen-bond donors (Lipinski definition) is 1. The van der Waals surface area contributed by atoms with Crippen LogP contribution in [-0.2, 0) is 5.41 Å². The van der Waals surface area contributed by atoms with Crippen LogP contribution in [0.25, 0.3) is 0 Å². The van der Waals surface area contributed by atoms with E-state index in [4.69, 9.17) is 5.26 Å². The van der Waals surface area contributed by atoms with Crippen LogP contribution in [0.5, 0.6) is 0 Å². The maximum absolute atomic E-state index is 8.95. The van der Waals surface area contributed by atoms with E-state index in [1.807, 2.05) is 18.2 Å². The molecule has 2 aromatic rings. The third-order valence-electron chi connectivity index (χ3n) is 2.82. The lowest BCUT2D eigenvalue weighted by Crippen LogP contribution is -2.10. The molecule has 0 aliphatic carbocycles. The summed E-state index contributed by atoms with van der Waals surface area (Å²) in [6.45, 7) is 6.52. The summed E-state index contributed by atoms with van der Waals surface area (Å²) < 4.78 is 0. The lowest BCUT2D eigenvalue weighted by molar-refractivity contribution is 0.590.